The van der Waals surface area contributed by atoms with E-state index in [1.165, 1.54) is 15.6 Å². The molecule has 0 saturated heterocycles. The summed E-state index contributed by atoms with van der Waals surface area (Å²) >= 11 is 7.41. The van der Waals surface area contributed by atoms with Gasteiger partial charge < -0.3 is 0 Å². The van der Waals surface area contributed by atoms with Gasteiger partial charge in [-0.3, -0.25) is 0 Å². The average molecular weight is 378 g/mol. The van der Waals surface area contributed by atoms with E-state index < -0.39 is 0 Å². The largest absolute Gasteiger partial charge is 0.192 e. The predicted octanol–water partition coefficient (Wildman–Crippen LogP) is 4.27. The van der Waals surface area contributed by atoms with Crippen molar-refractivity contribution in [3.8, 4) is 6.07 Å². The van der Waals surface area contributed by atoms with E-state index >= 15 is 0 Å². The number of rotatable bonds is 1. The second-order valence-electron chi connectivity index (χ2n) is 2.81. The molecule has 4 heteroatoms. The number of nitriles is 1. The fraction of sp³-hybridized carbons (Fsp3) is 0.100. The molecule has 1 aromatic carbocycles. The molecule has 1 aromatic heterocycles. The molecular weight excluding hydrogens is 373 g/mol. The van der Waals surface area contributed by atoms with Crippen molar-refractivity contribution in [3.63, 3.8) is 0 Å². The number of hydrogen-bond donors (Lipinski definition) is 0. The van der Waals surface area contributed by atoms with Gasteiger partial charge in [0.2, 0.25) is 0 Å². The molecule has 0 bridgehead atoms. The second kappa shape index (κ2) is 4.17. The predicted molar refractivity (Wildman–Crippen MR) is 71.9 cm³/mol. The minimum absolute atomic E-state index is 0.769. The topological polar surface area (TPSA) is 23.8 Å². The minimum atomic E-state index is 0.769. The van der Waals surface area contributed by atoms with E-state index in [1.54, 1.807) is 11.3 Å². The molecule has 0 atom stereocenters. The Morgan fingerprint density at radius 1 is 1.57 bits per heavy atom. The van der Waals surface area contributed by atoms with Gasteiger partial charge >= 0.3 is 0 Å². The van der Waals surface area contributed by atoms with Crippen LogP contribution in [0.2, 0.25) is 0 Å². The highest BCUT2D eigenvalue weighted by molar-refractivity contribution is 14.1. The zero-order chi connectivity index (χ0) is 10.1. The van der Waals surface area contributed by atoms with Crippen LogP contribution in [0.1, 0.15) is 11.1 Å². The maximum Gasteiger partial charge on any atom is 0.100 e. The molecule has 2 aromatic rings. The van der Waals surface area contributed by atoms with Gasteiger partial charge in [-0.1, -0.05) is 15.9 Å². The Morgan fingerprint density at radius 3 is 3.00 bits per heavy atom. The Balaban J connectivity index is 2.89. The smallest absolute Gasteiger partial charge is 0.100 e. The molecule has 0 aliphatic rings. The Bertz CT molecular complexity index is 527. The van der Waals surface area contributed by atoms with E-state index in [0.29, 0.717) is 0 Å². The number of fused-ring (bicyclic) bond motifs is 1. The molecule has 0 aliphatic carbocycles. The minimum Gasteiger partial charge on any atom is -0.192 e. The molecule has 1 heterocycles. The van der Waals surface area contributed by atoms with Crippen LogP contribution >= 0.6 is 49.9 Å². The van der Waals surface area contributed by atoms with Gasteiger partial charge in [-0.15, -0.1) is 11.3 Å². The van der Waals surface area contributed by atoms with Crippen molar-refractivity contribution in [1.29, 1.82) is 5.26 Å². The van der Waals surface area contributed by atoms with Crippen molar-refractivity contribution in [3.05, 3.63) is 32.2 Å². The summed E-state index contributed by atoms with van der Waals surface area (Å²) in [6.45, 7) is 0. The first-order chi connectivity index (χ1) is 6.77. The van der Waals surface area contributed by atoms with Gasteiger partial charge in [0.1, 0.15) is 6.07 Å². The van der Waals surface area contributed by atoms with Crippen LogP contribution in [-0.2, 0) is 5.33 Å². The van der Waals surface area contributed by atoms with Crippen LogP contribution in [0.25, 0.3) is 10.1 Å². The summed E-state index contributed by atoms with van der Waals surface area (Å²) in [6.07, 6.45) is 0. The van der Waals surface area contributed by atoms with Gasteiger partial charge in [0.15, 0.2) is 0 Å². The molecule has 0 aliphatic heterocycles. The summed E-state index contributed by atoms with van der Waals surface area (Å²) in [4.78, 5) is 0. The summed E-state index contributed by atoms with van der Waals surface area (Å²) < 4.78 is 2.34. The van der Waals surface area contributed by atoms with E-state index in [9.17, 15) is 0 Å². The first kappa shape index (κ1) is 10.4. The van der Waals surface area contributed by atoms with Crippen molar-refractivity contribution in [2.24, 2.45) is 0 Å². The van der Waals surface area contributed by atoms with Gasteiger partial charge in [0.25, 0.3) is 0 Å². The summed E-state index contributed by atoms with van der Waals surface area (Å²) in [5.74, 6) is 0. The standard InChI is InChI=1S/C10H5BrINS/c11-4-6-3-7(5-13)9(12)8-1-2-14-10(6)8/h1-3H,4H2. The van der Waals surface area contributed by atoms with Gasteiger partial charge in [-0.05, 0) is 45.7 Å². The fourth-order valence-corrected chi connectivity index (χ4v) is 3.82. The maximum absolute atomic E-state index is 8.97. The van der Waals surface area contributed by atoms with E-state index in [-0.39, 0.29) is 0 Å². The molecular formula is C10H5BrINS. The van der Waals surface area contributed by atoms with Crippen LogP contribution in [0.15, 0.2) is 17.5 Å². The average Bonchev–Trinajstić information content (AvgIpc) is 2.68. The lowest BCUT2D eigenvalue weighted by atomic mass is 10.1. The number of nitrogens with zero attached hydrogens (tertiary/aromatic N) is 1. The van der Waals surface area contributed by atoms with Crippen molar-refractivity contribution in [1.82, 2.24) is 0 Å². The molecule has 0 amide bonds. The van der Waals surface area contributed by atoms with Gasteiger partial charge in [0.05, 0.1) is 5.56 Å². The Kier molecular flexibility index (Phi) is 3.10. The normalized spacial score (nSPS) is 10.4. The Hall–Kier alpha value is -0.120. The molecule has 70 valence electrons. The summed E-state index contributed by atoms with van der Waals surface area (Å²) in [7, 11) is 0. The Morgan fingerprint density at radius 2 is 2.36 bits per heavy atom. The third-order valence-corrected chi connectivity index (χ3v) is 4.77. The monoisotopic (exact) mass is 377 g/mol. The number of thiophene rings is 1. The highest BCUT2D eigenvalue weighted by Crippen LogP contribution is 2.32. The van der Waals surface area contributed by atoms with Crippen LogP contribution in [0, 0.1) is 14.9 Å². The number of benzene rings is 1. The SMILES string of the molecule is N#Cc1cc(CBr)c2sccc2c1I. The van der Waals surface area contributed by atoms with Crippen molar-refractivity contribution in [2.75, 3.05) is 0 Å². The molecule has 0 radical (unpaired) electrons. The molecule has 0 saturated carbocycles. The second-order valence-corrected chi connectivity index (χ2v) is 5.36. The molecule has 0 N–H and O–H groups in total. The Labute approximate surface area is 108 Å². The molecule has 2 rings (SSSR count). The zero-order valence-corrected chi connectivity index (χ0v) is 11.6. The first-order valence-corrected chi connectivity index (χ1v) is 7.00. The highest BCUT2D eigenvalue weighted by Gasteiger charge is 2.09. The summed E-state index contributed by atoms with van der Waals surface area (Å²) in [6, 6.07) is 6.27. The fourth-order valence-electron chi connectivity index (χ4n) is 1.36. The van der Waals surface area contributed by atoms with Crippen LogP contribution in [0.4, 0.5) is 0 Å². The highest BCUT2D eigenvalue weighted by atomic mass is 127. The summed E-state index contributed by atoms with van der Waals surface area (Å²) in [5, 5.41) is 13.0. The third-order valence-electron chi connectivity index (χ3n) is 2.01. The number of halogens is 2. The van der Waals surface area contributed by atoms with E-state index in [1.807, 2.05) is 6.07 Å². The zero-order valence-electron chi connectivity index (χ0n) is 7.05. The van der Waals surface area contributed by atoms with E-state index in [0.717, 1.165) is 14.5 Å². The molecule has 0 spiro atoms. The van der Waals surface area contributed by atoms with Crippen LogP contribution < -0.4 is 0 Å². The van der Waals surface area contributed by atoms with E-state index in [4.69, 9.17) is 5.26 Å². The molecule has 1 nitrogen and oxygen atoms in total. The van der Waals surface area contributed by atoms with Crippen molar-refractivity contribution >= 4 is 59.9 Å². The lowest BCUT2D eigenvalue weighted by Gasteiger charge is -2.02. The van der Waals surface area contributed by atoms with Gasteiger partial charge in [-0.25, -0.2) is 0 Å². The van der Waals surface area contributed by atoms with Crippen LogP contribution in [0.3, 0.4) is 0 Å². The molecule has 0 unspecified atom stereocenters. The van der Waals surface area contributed by atoms with Crippen LogP contribution in [0.5, 0.6) is 0 Å². The van der Waals surface area contributed by atoms with Gasteiger partial charge in [-0.2, -0.15) is 5.26 Å². The van der Waals surface area contributed by atoms with Gasteiger partial charge in [0, 0.05) is 19.0 Å². The van der Waals surface area contributed by atoms with Crippen molar-refractivity contribution in [2.45, 2.75) is 5.33 Å². The first-order valence-electron chi connectivity index (χ1n) is 3.92. The molecule has 14 heavy (non-hydrogen) atoms. The van der Waals surface area contributed by atoms with Crippen molar-refractivity contribution < 1.29 is 0 Å². The number of alkyl halides is 1. The maximum atomic E-state index is 8.97. The summed E-state index contributed by atoms with van der Waals surface area (Å²) in [5.41, 5.74) is 1.97. The quantitative estimate of drug-likeness (QED) is 0.537. The lowest BCUT2D eigenvalue weighted by molar-refractivity contribution is 1.44. The number of hydrogen-bond acceptors (Lipinski definition) is 2. The van der Waals surface area contributed by atoms with E-state index in [2.05, 4.69) is 56.0 Å². The van der Waals surface area contributed by atoms with Crippen LogP contribution in [-0.4, -0.2) is 0 Å². The lowest BCUT2D eigenvalue weighted by Crippen LogP contribution is -1.87. The third kappa shape index (κ3) is 1.58. The molecule has 0 fully saturated rings.